The van der Waals surface area contributed by atoms with E-state index in [2.05, 4.69) is 29.4 Å². The van der Waals surface area contributed by atoms with Crippen molar-refractivity contribution in [2.45, 2.75) is 32.4 Å². The van der Waals surface area contributed by atoms with Crippen molar-refractivity contribution >= 4 is 0 Å². The molecular formula is C12H18N2O. The van der Waals surface area contributed by atoms with Crippen molar-refractivity contribution in [3.8, 4) is 0 Å². The summed E-state index contributed by atoms with van der Waals surface area (Å²) in [5.74, 6) is 0. The van der Waals surface area contributed by atoms with Gasteiger partial charge in [0.1, 0.15) is 0 Å². The second kappa shape index (κ2) is 5.24. The summed E-state index contributed by atoms with van der Waals surface area (Å²) in [6, 6.07) is 4.68. The van der Waals surface area contributed by atoms with Gasteiger partial charge in [-0.15, -0.1) is 0 Å². The van der Waals surface area contributed by atoms with Crippen LogP contribution in [0.5, 0.6) is 0 Å². The van der Waals surface area contributed by atoms with Crippen LogP contribution >= 0.6 is 0 Å². The van der Waals surface area contributed by atoms with Crippen molar-refractivity contribution in [3.63, 3.8) is 0 Å². The molecule has 15 heavy (non-hydrogen) atoms. The summed E-state index contributed by atoms with van der Waals surface area (Å²) in [5.41, 5.74) is 2.31. The fourth-order valence-corrected chi connectivity index (χ4v) is 1.75. The highest BCUT2D eigenvalue weighted by Gasteiger charge is 2.12. The smallest absolute Gasteiger partial charge is 0.0619 e. The van der Waals surface area contributed by atoms with Crippen LogP contribution in [0.3, 0.4) is 0 Å². The van der Waals surface area contributed by atoms with Gasteiger partial charge in [-0.2, -0.15) is 0 Å². The van der Waals surface area contributed by atoms with Crippen LogP contribution in [0.25, 0.3) is 0 Å². The van der Waals surface area contributed by atoms with E-state index >= 15 is 0 Å². The number of pyridine rings is 1. The first-order valence-electron chi connectivity index (χ1n) is 5.57. The fourth-order valence-electron chi connectivity index (χ4n) is 1.75. The number of rotatable bonds is 3. The second-order valence-electron chi connectivity index (χ2n) is 4.12. The van der Waals surface area contributed by atoms with Crippen molar-refractivity contribution in [2.24, 2.45) is 0 Å². The average Bonchev–Trinajstić information content (AvgIpc) is 2.30. The molecule has 82 valence electrons. The van der Waals surface area contributed by atoms with Crippen LogP contribution in [0.2, 0.25) is 0 Å². The molecule has 1 saturated heterocycles. The molecule has 0 saturated carbocycles. The number of hydrogen-bond donors (Lipinski definition) is 1. The summed E-state index contributed by atoms with van der Waals surface area (Å²) in [5, 5.41) is 3.47. The second-order valence-corrected chi connectivity index (χ2v) is 4.12. The third-order valence-corrected chi connectivity index (χ3v) is 2.70. The quantitative estimate of drug-likeness (QED) is 0.816. The van der Waals surface area contributed by atoms with Gasteiger partial charge in [0.25, 0.3) is 0 Å². The van der Waals surface area contributed by atoms with Gasteiger partial charge >= 0.3 is 0 Å². The largest absolute Gasteiger partial charge is 0.380 e. The normalized spacial score (nSPS) is 21.5. The zero-order valence-corrected chi connectivity index (χ0v) is 9.20. The molecule has 1 unspecified atom stereocenters. The van der Waals surface area contributed by atoms with Crippen molar-refractivity contribution in [1.82, 2.24) is 10.3 Å². The Morgan fingerprint density at radius 2 is 2.47 bits per heavy atom. The van der Waals surface area contributed by atoms with Crippen LogP contribution in [-0.2, 0) is 11.3 Å². The first kappa shape index (κ1) is 10.6. The van der Waals surface area contributed by atoms with E-state index in [1.54, 1.807) is 0 Å². The minimum Gasteiger partial charge on any atom is -0.380 e. The van der Waals surface area contributed by atoms with Crippen molar-refractivity contribution < 1.29 is 4.74 Å². The molecule has 0 amide bonds. The molecule has 0 aliphatic carbocycles. The number of nitrogens with zero attached hydrogens (tertiary/aromatic N) is 1. The Morgan fingerprint density at radius 3 is 3.13 bits per heavy atom. The van der Waals surface area contributed by atoms with Crippen LogP contribution in [0.15, 0.2) is 18.3 Å². The zero-order chi connectivity index (χ0) is 10.5. The standard InChI is InChI=1S/C12H18N2O/c1-10-4-5-11(13-7-10)8-14-12-3-2-6-15-9-12/h4-5,7,12,14H,2-3,6,8-9H2,1H3. The Hall–Kier alpha value is -0.930. The minimum absolute atomic E-state index is 0.502. The van der Waals surface area contributed by atoms with Gasteiger partial charge in [0.05, 0.1) is 12.3 Å². The van der Waals surface area contributed by atoms with E-state index in [0.29, 0.717) is 6.04 Å². The molecule has 0 spiro atoms. The Kier molecular flexibility index (Phi) is 3.69. The van der Waals surface area contributed by atoms with Gasteiger partial charge in [-0.05, 0) is 31.4 Å². The summed E-state index contributed by atoms with van der Waals surface area (Å²) in [6.45, 7) is 4.65. The molecule has 2 rings (SSSR count). The van der Waals surface area contributed by atoms with Gasteiger partial charge in [0, 0.05) is 25.4 Å². The molecule has 3 heteroatoms. The molecule has 0 radical (unpaired) electrons. The number of nitrogens with one attached hydrogen (secondary N) is 1. The Balaban J connectivity index is 1.79. The lowest BCUT2D eigenvalue weighted by atomic mass is 10.1. The van der Waals surface area contributed by atoms with E-state index in [1.165, 1.54) is 18.4 Å². The topological polar surface area (TPSA) is 34.1 Å². The zero-order valence-electron chi connectivity index (χ0n) is 9.20. The SMILES string of the molecule is Cc1ccc(CNC2CCCOC2)nc1. The highest BCUT2D eigenvalue weighted by molar-refractivity contribution is 5.12. The van der Waals surface area contributed by atoms with E-state index in [0.717, 1.165) is 25.5 Å². The first-order chi connectivity index (χ1) is 7.34. The van der Waals surface area contributed by atoms with Gasteiger partial charge in [-0.1, -0.05) is 6.07 Å². The molecule has 3 nitrogen and oxygen atoms in total. The molecule has 0 aromatic carbocycles. The van der Waals surface area contributed by atoms with Gasteiger partial charge < -0.3 is 10.1 Å². The predicted octanol–water partition coefficient (Wildman–Crippen LogP) is 1.66. The summed E-state index contributed by atoms with van der Waals surface area (Å²) < 4.78 is 5.41. The fraction of sp³-hybridized carbons (Fsp3) is 0.583. The summed E-state index contributed by atoms with van der Waals surface area (Å²) in [7, 11) is 0. The molecule has 1 fully saturated rings. The van der Waals surface area contributed by atoms with E-state index in [9.17, 15) is 0 Å². The van der Waals surface area contributed by atoms with Gasteiger partial charge in [-0.25, -0.2) is 0 Å². The lowest BCUT2D eigenvalue weighted by Gasteiger charge is -2.22. The molecule has 1 aromatic heterocycles. The van der Waals surface area contributed by atoms with Gasteiger partial charge in [0.2, 0.25) is 0 Å². The van der Waals surface area contributed by atoms with Crippen LogP contribution in [0.1, 0.15) is 24.1 Å². The van der Waals surface area contributed by atoms with E-state index < -0.39 is 0 Å². The summed E-state index contributed by atoms with van der Waals surface area (Å²) >= 11 is 0. The van der Waals surface area contributed by atoms with Crippen LogP contribution < -0.4 is 5.32 Å². The van der Waals surface area contributed by atoms with E-state index in [1.807, 2.05) is 6.20 Å². The molecule has 1 atom stereocenters. The highest BCUT2D eigenvalue weighted by atomic mass is 16.5. The number of ether oxygens (including phenoxy) is 1. The Bertz CT molecular complexity index is 291. The maximum absolute atomic E-state index is 5.41. The number of aromatic nitrogens is 1. The third kappa shape index (κ3) is 3.29. The first-order valence-corrected chi connectivity index (χ1v) is 5.57. The number of aryl methyl sites for hydroxylation is 1. The van der Waals surface area contributed by atoms with Gasteiger partial charge in [0.15, 0.2) is 0 Å². The van der Waals surface area contributed by atoms with E-state index in [4.69, 9.17) is 4.74 Å². The molecule has 0 bridgehead atoms. The molecule has 1 N–H and O–H groups in total. The monoisotopic (exact) mass is 206 g/mol. The Labute approximate surface area is 90.9 Å². The third-order valence-electron chi connectivity index (χ3n) is 2.70. The lowest BCUT2D eigenvalue weighted by Crippen LogP contribution is -2.36. The average molecular weight is 206 g/mol. The maximum atomic E-state index is 5.41. The molecule has 2 heterocycles. The molecule has 1 aliphatic heterocycles. The predicted molar refractivity (Wildman–Crippen MR) is 59.7 cm³/mol. The molecule has 1 aliphatic rings. The highest BCUT2D eigenvalue weighted by Crippen LogP contribution is 2.06. The van der Waals surface area contributed by atoms with Crippen molar-refractivity contribution in [1.29, 1.82) is 0 Å². The van der Waals surface area contributed by atoms with Crippen molar-refractivity contribution in [2.75, 3.05) is 13.2 Å². The lowest BCUT2D eigenvalue weighted by molar-refractivity contribution is 0.0698. The Morgan fingerprint density at radius 1 is 1.53 bits per heavy atom. The maximum Gasteiger partial charge on any atom is 0.0619 e. The summed E-state index contributed by atoms with van der Waals surface area (Å²) in [6.07, 6.45) is 4.29. The minimum atomic E-state index is 0.502. The van der Waals surface area contributed by atoms with Crippen LogP contribution in [0, 0.1) is 6.92 Å². The summed E-state index contributed by atoms with van der Waals surface area (Å²) in [4.78, 5) is 4.36. The molecular weight excluding hydrogens is 188 g/mol. The van der Waals surface area contributed by atoms with E-state index in [-0.39, 0.29) is 0 Å². The number of hydrogen-bond acceptors (Lipinski definition) is 3. The van der Waals surface area contributed by atoms with Crippen molar-refractivity contribution in [3.05, 3.63) is 29.6 Å². The van der Waals surface area contributed by atoms with Crippen LogP contribution in [0.4, 0.5) is 0 Å². The van der Waals surface area contributed by atoms with Gasteiger partial charge in [-0.3, -0.25) is 4.98 Å². The van der Waals surface area contributed by atoms with Crippen LogP contribution in [-0.4, -0.2) is 24.2 Å². The molecule has 1 aromatic rings.